The summed E-state index contributed by atoms with van der Waals surface area (Å²) in [5, 5.41) is 11.9. The smallest absolute Gasteiger partial charge is 0.420 e. The van der Waals surface area contributed by atoms with E-state index in [1.165, 1.54) is 53.5 Å². The highest BCUT2D eigenvalue weighted by atomic mass is 19.4. The van der Waals surface area contributed by atoms with E-state index in [0.29, 0.717) is 11.4 Å². The molecule has 0 radical (unpaired) electrons. The number of aromatic carboxylic acids is 1. The predicted octanol–water partition coefficient (Wildman–Crippen LogP) is 4.74. The minimum absolute atomic E-state index is 0.0221. The molecule has 1 amide bonds. The number of hydrogen-bond acceptors (Lipinski definition) is 5. The van der Waals surface area contributed by atoms with Crippen LogP contribution in [0.1, 0.15) is 28.6 Å². The highest BCUT2D eigenvalue weighted by molar-refractivity contribution is 5.90. The predicted molar refractivity (Wildman–Crippen MR) is 125 cm³/mol. The summed E-state index contributed by atoms with van der Waals surface area (Å²) in [4.78, 5) is 25.1. The Labute approximate surface area is 199 Å². The molecule has 0 aliphatic rings. The molecule has 0 spiro atoms. The summed E-state index contributed by atoms with van der Waals surface area (Å²) in [6, 6.07) is 8.78. The minimum atomic E-state index is -4.69. The molecule has 3 aromatic rings. The van der Waals surface area contributed by atoms with E-state index in [9.17, 15) is 22.8 Å². The third-order valence-corrected chi connectivity index (χ3v) is 5.53. The topological polar surface area (TPSA) is 109 Å². The van der Waals surface area contributed by atoms with Gasteiger partial charge in [-0.2, -0.15) is 13.2 Å². The van der Waals surface area contributed by atoms with Gasteiger partial charge in [-0.25, -0.2) is 4.79 Å². The molecule has 1 unspecified atom stereocenters. The summed E-state index contributed by atoms with van der Waals surface area (Å²) in [6.07, 6.45) is -1.67. The van der Waals surface area contributed by atoms with E-state index in [1.54, 1.807) is 14.0 Å². The van der Waals surface area contributed by atoms with Crippen molar-refractivity contribution in [2.45, 2.75) is 25.7 Å². The van der Waals surface area contributed by atoms with Gasteiger partial charge >= 0.3 is 12.1 Å². The van der Waals surface area contributed by atoms with Crippen LogP contribution in [0, 0.1) is 0 Å². The van der Waals surface area contributed by atoms with Crippen LogP contribution >= 0.6 is 0 Å². The molecule has 7 nitrogen and oxygen atoms in total. The third-order valence-electron chi connectivity index (χ3n) is 5.53. The Bertz CT molecular complexity index is 1290. The van der Waals surface area contributed by atoms with Gasteiger partial charge in [0.2, 0.25) is 5.91 Å². The number of nitrogens with zero attached hydrogens (tertiary/aromatic N) is 1. The summed E-state index contributed by atoms with van der Waals surface area (Å²) in [5.41, 5.74) is 5.21. The van der Waals surface area contributed by atoms with E-state index >= 15 is 0 Å². The Hall–Kier alpha value is -4.21. The Balaban J connectivity index is 1.89. The molecule has 35 heavy (non-hydrogen) atoms. The van der Waals surface area contributed by atoms with Crippen LogP contribution < -0.4 is 11.1 Å². The van der Waals surface area contributed by atoms with E-state index in [0.717, 1.165) is 6.07 Å². The molecule has 0 bridgehead atoms. The van der Waals surface area contributed by atoms with E-state index in [-0.39, 0.29) is 34.4 Å². The van der Waals surface area contributed by atoms with Crippen molar-refractivity contribution in [1.29, 1.82) is 0 Å². The van der Waals surface area contributed by atoms with Gasteiger partial charge in [-0.3, -0.25) is 4.79 Å². The molecule has 4 N–H and O–H groups in total. The second kappa shape index (κ2) is 9.96. The first-order valence-electron chi connectivity index (χ1n) is 10.5. The number of amides is 1. The van der Waals surface area contributed by atoms with Gasteiger partial charge in [0.1, 0.15) is 17.4 Å². The summed E-state index contributed by atoms with van der Waals surface area (Å²) in [5.74, 6) is -1.07. The van der Waals surface area contributed by atoms with Crippen LogP contribution in [0.3, 0.4) is 0 Å². The largest absolute Gasteiger partial charge is 0.478 e. The van der Waals surface area contributed by atoms with Crippen LogP contribution in [0.2, 0.25) is 0 Å². The third kappa shape index (κ3) is 5.65. The first-order chi connectivity index (χ1) is 16.4. The zero-order chi connectivity index (χ0) is 25.9. The average Bonchev–Trinajstić information content (AvgIpc) is 3.23. The van der Waals surface area contributed by atoms with Crippen LogP contribution in [-0.4, -0.2) is 35.0 Å². The number of carbonyl (C=O) groups is 2. The monoisotopic (exact) mass is 487 g/mol. The molecular formula is C25H24F3N3O4. The Kier molecular flexibility index (Phi) is 7.23. The number of halogens is 3. The normalized spacial score (nSPS) is 12.9. The molecule has 0 fully saturated rings. The number of allylic oxidation sites excluding steroid dienone is 2. The number of carbonyl (C=O) groups excluding carboxylic acids is 1. The number of benzene rings is 2. The van der Waals surface area contributed by atoms with Gasteiger partial charge < -0.3 is 25.5 Å². The first kappa shape index (κ1) is 25.4. The molecule has 1 heterocycles. The number of nitrogens with one attached hydrogen (secondary N) is 1. The van der Waals surface area contributed by atoms with Gasteiger partial charge in [-0.15, -0.1) is 0 Å². The average molecular weight is 487 g/mol. The van der Waals surface area contributed by atoms with Crippen molar-refractivity contribution >= 4 is 22.8 Å². The number of fused-ring (bicyclic) bond motifs is 1. The van der Waals surface area contributed by atoms with Crippen molar-refractivity contribution in [3.8, 4) is 11.1 Å². The summed E-state index contributed by atoms with van der Waals surface area (Å²) < 4.78 is 46.9. The second-order valence-corrected chi connectivity index (χ2v) is 7.87. The summed E-state index contributed by atoms with van der Waals surface area (Å²) >= 11 is 0. The Morgan fingerprint density at radius 3 is 2.43 bits per heavy atom. The van der Waals surface area contributed by atoms with Gasteiger partial charge in [0.25, 0.3) is 0 Å². The van der Waals surface area contributed by atoms with E-state index in [2.05, 4.69) is 11.9 Å². The fraction of sp³-hybridized carbons (Fsp3) is 0.200. The summed E-state index contributed by atoms with van der Waals surface area (Å²) in [6.45, 7) is 5.04. The van der Waals surface area contributed by atoms with Crippen molar-refractivity contribution in [1.82, 2.24) is 10.2 Å². The van der Waals surface area contributed by atoms with Crippen LogP contribution in [0.15, 0.2) is 71.4 Å². The number of carboxylic acids is 1. The fourth-order valence-electron chi connectivity index (χ4n) is 3.44. The molecule has 0 saturated heterocycles. The molecule has 1 atom stereocenters. The Morgan fingerprint density at radius 1 is 1.20 bits per heavy atom. The molecule has 0 saturated carbocycles. The van der Waals surface area contributed by atoms with Crippen LogP contribution in [0.5, 0.6) is 0 Å². The molecule has 0 aliphatic heterocycles. The number of hydrogen-bond donors (Lipinski definition) is 3. The zero-order valence-electron chi connectivity index (χ0n) is 19.0. The lowest BCUT2D eigenvalue weighted by Gasteiger charge is -2.25. The number of carboxylic acid groups (broad SMARTS) is 1. The SMILES string of the molecule is C=C/C=C(/N)N(C)C(C)C(=O)NCc1cc2cc(-c3ccc(C(=O)O)cc3)cc(C(F)(F)F)c2o1. The van der Waals surface area contributed by atoms with Crippen LogP contribution in [0.4, 0.5) is 13.2 Å². The second-order valence-electron chi connectivity index (χ2n) is 7.87. The van der Waals surface area contributed by atoms with Crippen LogP contribution in [0.25, 0.3) is 22.1 Å². The number of rotatable bonds is 8. The molecule has 184 valence electrons. The van der Waals surface area contributed by atoms with Gasteiger partial charge in [-0.05, 0) is 54.5 Å². The molecule has 2 aromatic carbocycles. The highest BCUT2D eigenvalue weighted by Gasteiger charge is 2.35. The number of likely N-dealkylation sites (N-methyl/N-ethyl adjacent to an activating group) is 1. The molecule has 10 heteroatoms. The van der Waals surface area contributed by atoms with E-state index < -0.39 is 29.7 Å². The number of nitrogens with two attached hydrogens (primary N) is 1. The zero-order valence-corrected chi connectivity index (χ0v) is 19.0. The van der Waals surface area contributed by atoms with Crippen molar-refractivity contribution < 1.29 is 32.3 Å². The first-order valence-corrected chi connectivity index (χ1v) is 10.5. The van der Waals surface area contributed by atoms with E-state index in [1.807, 2.05) is 0 Å². The maximum Gasteiger partial charge on any atom is 0.420 e. The quantitative estimate of drug-likeness (QED) is 0.396. The molecule has 0 aliphatic carbocycles. The van der Waals surface area contributed by atoms with Gasteiger partial charge in [0.05, 0.1) is 23.5 Å². The van der Waals surface area contributed by atoms with Crippen molar-refractivity contribution in [2.24, 2.45) is 5.73 Å². The molecular weight excluding hydrogens is 463 g/mol. The lowest BCUT2D eigenvalue weighted by molar-refractivity contribution is -0.136. The maximum atomic E-state index is 13.8. The minimum Gasteiger partial charge on any atom is -0.478 e. The summed E-state index contributed by atoms with van der Waals surface area (Å²) in [7, 11) is 1.63. The lowest BCUT2D eigenvalue weighted by atomic mass is 9.99. The van der Waals surface area contributed by atoms with E-state index in [4.69, 9.17) is 15.3 Å². The number of alkyl halides is 3. The Morgan fingerprint density at radius 2 is 1.86 bits per heavy atom. The molecule has 3 rings (SSSR count). The fourth-order valence-corrected chi connectivity index (χ4v) is 3.44. The molecule has 1 aromatic heterocycles. The van der Waals surface area contributed by atoms with Gasteiger partial charge in [0.15, 0.2) is 0 Å². The van der Waals surface area contributed by atoms with Crippen molar-refractivity contribution in [2.75, 3.05) is 7.05 Å². The van der Waals surface area contributed by atoms with Gasteiger partial charge in [-0.1, -0.05) is 24.8 Å². The number of furan rings is 1. The van der Waals surface area contributed by atoms with Crippen molar-refractivity contribution in [3.05, 3.63) is 83.9 Å². The highest BCUT2D eigenvalue weighted by Crippen LogP contribution is 2.39. The van der Waals surface area contributed by atoms with Crippen molar-refractivity contribution in [3.63, 3.8) is 0 Å². The van der Waals surface area contributed by atoms with Crippen LogP contribution in [-0.2, 0) is 17.5 Å². The van der Waals surface area contributed by atoms with Gasteiger partial charge in [0, 0.05) is 12.4 Å². The lowest BCUT2D eigenvalue weighted by Crippen LogP contribution is -2.44. The maximum absolute atomic E-state index is 13.8. The standard InChI is InChI=1S/C25H24F3N3O4/c1-4-5-21(29)31(3)14(2)23(32)30-13-19-11-18-10-17(12-20(22(18)35-19)25(26,27)28)15-6-8-16(9-7-15)24(33)34/h4-12,14H,1,13,29H2,2-3H3,(H,30,32)(H,33,34)/b21-5-.